The Kier molecular flexibility index (Phi) is 2.86. The largest absolute Gasteiger partial charge is 0.292 e. The van der Waals surface area contributed by atoms with E-state index in [-0.39, 0.29) is 5.78 Å². The summed E-state index contributed by atoms with van der Waals surface area (Å²) in [6.45, 7) is 0. The Bertz CT molecular complexity index is 692. The molecule has 18 heavy (non-hydrogen) atoms. The Labute approximate surface area is 108 Å². The molecule has 0 aliphatic rings. The third-order valence-electron chi connectivity index (χ3n) is 2.68. The normalized spacial score (nSPS) is 10.7. The van der Waals surface area contributed by atoms with Crippen LogP contribution in [0.2, 0.25) is 0 Å². The molecule has 2 heterocycles. The van der Waals surface area contributed by atoms with E-state index in [4.69, 9.17) is 0 Å². The molecule has 3 aromatic rings. The van der Waals surface area contributed by atoms with Gasteiger partial charge in [-0.1, -0.05) is 12.1 Å². The molecule has 0 aliphatic heterocycles. The van der Waals surface area contributed by atoms with Crippen molar-refractivity contribution in [1.29, 1.82) is 0 Å². The SMILES string of the molecule is O=C(Cc1ccsc1)c1cnc2ccccc2n1. The summed E-state index contributed by atoms with van der Waals surface area (Å²) >= 11 is 1.59. The highest BCUT2D eigenvalue weighted by atomic mass is 32.1. The van der Waals surface area contributed by atoms with E-state index >= 15 is 0 Å². The van der Waals surface area contributed by atoms with E-state index < -0.39 is 0 Å². The first-order valence-electron chi connectivity index (χ1n) is 5.59. The molecule has 0 atom stereocenters. The number of ketones is 1. The number of fused-ring (bicyclic) bond motifs is 1. The second-order valence-corrected chi connectivity index (χ2v) is 4.76. The molecule has 0 unspecified atom stereocenters. The van der Waals surface area contributed by atoms with Gasteiger partial charge in [-0.25, -0.2) is 4.98 Å². The van der Waals surface area contributed by atoms with Gasteiger partial charge in [-0.3, -0.25) is 9.78 Å². The van der Waals surface area contributed by atoms with Crippen molar-refractivity contribution >= 4 is 28.2 Å². The zero-order chi connectivity index (χ0) is 12.4. The fourth-order valence-corrected chi connectivity index (χ4v) is 2.43. The van der Waals surface area contributed by atoms with Crippen molar-refractivity contribution in [3.05, 3.63) is 58.5 Å². The van der Waals surface area contributed by atoms with E-state index in [0.717, 1.165) is 16.6 Å². The molecule has 0 N–H and O–H groups in total. The Morgan fingerprint density at radius 1 is 1.17 bits per heavy atom. The molecule has 0 amide bonds. The van der Waals surface area contributed by atoms with Gasteiger partial charge in [-0.15, -0.1) is 0 Å². The van der Waals surface area contributed by atoms with E-state index in [2.05, 4.69) is 9.97 Å². The maximum Gasteiger partial charge on any atom is 0.187 e. The predicted octanol–water partition coefficient (Wildman–Crippen LogP) is 3.12. The van der Waals surface area contributed by atoms with Crippen molar-refractivity contribution in [2.45, 2.75) is 6.42 Å². The highest BCUT2D eigenvalue weighted by Crippen LogP contribution is 2.12. The number of hydrogen-bond donors (Lipinski definition) is 0. The lowest BCUT2D eigenvalue weighted by Gasteiger charge is -2.00. The van der Waals surface area contributed by atoms with Gasteiger partial charge < -0.3 is 0 Å². The van der Waals surface area contributed by atoms with Gasteiger partial charge in [0.25, 0.3) is 0 Å². The zero-order valence-electron chi connectivity index (χ0n) is 9.54. The average Bonchev–Trinajstić information content (AvgIpc) is 2.91. The van der Waals surface area contributed by atoms with Gasteiger partial charge >= 0.3 is 0 Å². The van der Waals surface area contributed by atoms with E-state index in [9.17, 15) is 4.79 Å². The summed E-state index contributed by atoms with van der Waals surface area (Å²) in [5.74, 6) is 0.00616. The summed E-state index contributed by atoms with van der Waals surface area (Å²) in [6.07, 6.45) is 1.94. The molecule has 0 saturated heterocycles. The van der Waals surface area contributed by atoms with Crippen LogP contribution in [0.4, 0.5) is 0 Å². The third kappa shape index (κ3) is 2.15. The number of para-hydroxylation sites is 2. The summed E-state index contributed by atoms with van der Waals surface area (Å²) in [7, 11) is 0. The monoisotopic (exact) mass is 254 g/mol. The summed E-state index contributed by atoms with van der Waals surface area (Å²) in [5.41, 5.74) is 3.03. The van der Waals surface area contributed by atoms with Crippen molar-refractivity contribution in [2.75, 3.05) is 0 Å². The molecule has 0 saturated carbocycles. The van der Waals surface area contributed by atoms with Crippen LogP contribution in [0.5, 0.6) is 0 Å². The highest BCUT2D eigenvalue weighted by Gasteiger charge is 2.10. The maximum atomic E-state index is 12.1. The van der Waals surface area contributed by atoms with Crippen LogP contribution in [0.25, 0.3) is 11.0 Å². The number of rotatable bonds is 3. The van der Waals surface area contributed by atoms with E-state index in [1.807, 2.05) is 41.1 Å². The summed E-state index contributed by atoms with van der Waals surface area (Å²) < 4.78 is 0. The summed E-state index contributed by atoms with van der Waals surface area (Å²) in [4.78, 5) is 20.7. The second-order valence-electron chi connectivity index (χ2n) is 3.98. The quantitative estimate of drug-likeness (QED) is 0.674. The molecule has 0 radical (unpaired) electrons. The lowest BCUT2D eigenvalue weighted by Crippen LogP contribution is -2.06. The number of carbonyl (C=O) groups is 1. The van der Waals surface area contributed by atoms with Crippen molar-refractivity contribution in [1.82, 2.24) is 9.97 Å². The van der Waals surface area contributed by atoms with Crippen LogP contribution in [-0.2, 0) is 6.42 Å². The zero-order valence-corrected chi connectivity index (χ0v) is 10.4. The molecule has 3 rings (SSSR count). The minimum atomic E-state index is 0.00616. The fourth-order valence-electron chi connectivity index (χ4n) is 1.76. The Morgan fingerprint density at radius 2 is 2.00 bits per heavy atom. The number of aromatic nitrogens is 2. The molecular weight excluding hydrogens is 244 g/mol. The first-order chi connectivity index (χ1) is 8.83. The van der Waals surface area contributed by atoms with Crippen molar-refractivity contribution < 1.29 is 4.79 Å². The minimum Gasteiger partial charge on any atom is -0.292 e. The Hall–Kier alpha value is -2.07. The average molecular weight is 254 g/mol. The number of thiophene rings is 1. The second kappa shape index (κ2) is 4.66. The van der Waals surface area contributed by atoms with Gasteiger partial charge in [0.1, 0.15) is 5.69 Å². The van der Waals surface area contributed by atoms with Crippen molar-refractivity contribution in [3.8, 4) is 0 Å². The topological polar surface area (TPSA) is 42.9 Å². The van der Waals surface area contributed by atoms with Gasteiger partial charge in [0.15, 0.2) is 5.78 Å². The van der Waals surface area contributed by atoms with Gasteiger partial charge in [-0.05, 0) is 34.5 Å². The maximum absolute atomic E-state index is 12.1. The summed E-state index contributed by atoms with van der Waals surface area (Å²) in [6, 6.07) is 9.50. The molecular formula is C14H10N2OS. The molecule has 0 aliphatic carbocycles. The van der Waals surface area contributed by atoms with Crippen LogP contribution in [0.1, 0.15) is 16.1 Å². The van der Waals surface area contributed by atoms with Crippen LogP contribution in [0.15, 0.2) is 47.3 Å². The predicted molar refractivity (Wildman–Crippen MR) is 71.9 cm³/mol. The van der Waals surface area contributed by atoms with Gasteiger partial charge in [0.2, 0.25) is 0 Å². The molecule has 0 bridgehead atoms. The van der Waals surface area contributed by atoms with Crippen molar-refractivity contribution in [3.63, 3.8) is 0 Å². The molecule has 88 valence electrons. The lowest BCUT2D eigenvalue weighted by molar-refractivity contribution is 0.0988. The molecule has 0 spiro atoms. The molecule has 3 nitrogen and oxygen atoms in total. The standard InChI is InChI=1S/C14H10N2OS/c17-14(7-10-5-6-18-9-10)13-8-15-11-3-1-2-4-12(11)16-13/h1-6,8-9H,7H2. The number of nitrogens with zero attached hydrogens (tertiary/aromatic N) is 2. The third-order valence-corrected chi connectivity index (χ3v) is 3.41. The number of benzene rings is 1. The van der Waals surface area contributed by atoms with E-state index in [0.29, 0.717) is 12.1 Å². The number of carbonyl (C=O) groups excluding carboxylic acids is 1. The first-order valence-corrected chi connectivity index (χ1v) is 6.53. The molecule has 2 aromatic heterocycles. The summed E-state index contributed by atoms with van der Waals surface area (Å²) in [5, 5.41) is 3.95. The van der Waals surface area contributed by atoms with Crippen LogP contribution in [0, 0.1) is 0 Å². The number of hydrogen-bond acceptors (Lipinski definition) is 4. The van der Waals surface area contributed by atoms with Crippen LogP contribution < -0.4 is 0 Å². The fraction of sp³-hybridized carbons (Fsp3) is 0.0714. The molecule has 0 fully saturated rings. The molecule has 1 aromatic carbocycles. The minimum absolute atomic E-state index is 0.00616. The van der Waals surface area contributed by atoms with Crippen molar-refractivity contribution in [2.24, 2.45) is 0 Å². The van der Waals surface area contributed by atoms with Gasteiger partial charge in [0, 0.05) is 6.42 Å². The van der Waals surface area contributed by atoms with E-state index in [1.165, 1.54) is 0 Å². The van der Waals surface area contributed by atoms with Crippen LogP contribution >= 0.6 is 11.3 Å². The molecule has 4 heteroatoms. The highest BCUT2D eigenvalue weighted by molar-refractivity contribution is 7.08. The lowest BCUT2D eigenvalue weighted by atomic mass is 10.1. The van der Waals surface area contributed by atoms with Gasteiger partial charge in [0.05, 0.1) is 17.2 Å². The number of Topliss-reactive ketones (excluding diaryl/α,β-unsaturated/α-hetero) is 1. The smallest absolute Gasteiger partial charge is 0.187 e. The first kappa shape index (κ1) is 11.0. The van der Waals surface area contributed by atoms with E-state index in [1.54, 1.807) is 17.5 Å². The Balaban J connectivity index is 1.92. The van der Waals surface area contributed by atoms with Crippen LogP contribution in [0.3, 0.4) is 0 Å². The Morgan fingerprint density at radius 3 is 2.78 bits per heavy atom. The van der Waals surface area contributed by atoms with Gasteiger partial charge in [-0.2, -0.15) is 11.3 Å². The van der Waals surface area contributed by atoms with Crippen LogP contribution in [-0.4, -0.2) is 15.8 Å².